The van der Waals surface area contributed by atoms with E-state index >= 15 is 0 Å². The van der Waals surface area contributed by atoms with Crippen molar-refractivity contribution in [3.05, 3.63) is 84.3 Å². The molecule has 0 radical (unpaired) electrons. The molecule has 4 rings (SSSR count). The number of carbonyl (C=O) groups excluding carboxylic acids is 1. The highest BCUT2D eigenvalue weighted by atomic mass is 16.6. The van der Waals surface area contributed by atoms with E-state index in [9.17, 15) is 4.79 Å². The normalized spacial score (nSPS) is 11.0. The summed E-state index contributed by atoms with van der Waals surface area (Å²) in [5.74, 6) is 2.54. The minimum absolute atomic E-state index is 0.320. The molecule has 0 aliphatic carbocycles. The fraction of sp³-hybridized carbons (Fsp3) is 0.267. The SMILES string of the molecule is Cc1cc(Oc2ccnc(Nc3ccc(OCCNC(=O)OC(C)(C)C)cc3)c2)c(-c2ccccn2)nc1C. The lowest BCUT2D eigenvalue weighted by atomic mass is 10.1. The Morgan fingerprint density at radius 3 is 2.44 bits per heavy atom. The Morgan fingerprint density at radius 2 is 1.72 bits per heavy atom. The molecule has 202 valence electrons. The Morgan fingerprint density at radius 1 is 0.923 bits per heavy atom. The molecular formula is C30H33N5O4. The first-order chi connectivity index (χ1) is 18.7. The maximum atomic E-state index is 11.7. The van der Waals surface area contributed by atoms with Crippen molar-refractivity contribution in [2.45, 2.75) is 40.2 Å². The van der Waals surface area contributed by atoms with Crippen LogP contribution in [0.25, 0.3) is 11.4 Å². The third-order valence-electron chi connectivity index (χ3n) is 5.46. The van der Waals surface area contributed by atoms with E-state index in [1.54, 1.807) is 18.5 Å². The van der Waals surface area contributed by atoms with E-state index in [0.29, 0.717) is 41.9 Å². The first kappa shape index (κ1) is 27.4. The average molecular weight is 528 g/mol. The van der Waals surface area contributed by atoms with Crippen LogP contribution in [0.2, 0.25) is 0 Å². The Balaban J connectivity index is 1.36. The Kier molecular flexibility index (Phi) is 8.60. The summed E-state index contributed by atoms with van der Waals surface area (Å²) in [6.07, 6.45) is 2.95. The maximum absolute atomic E-state index is 11.7. The summed E-state index contributed by atoms with van der Waals surface area (Å²) in [5, 5.41) is 5.95. The number of amides is 1. The van der Waals surface area contributed by atoms with Crippen LogP contribution in [-0.2, 0) is 4.74 Å². The molecule has 4 aromatic rings. The number of benzene rings is 1. The zero-order valence-corrected chi connectivity index (χ0v) is 22.8. The maximum Gasteiger partial charge on any atom is 0.407 e. The van der Waals surface area contributed by atoms with Crippen LogP contribution in [0, 0.1) is 13.8 Å². The number of carbonyl (C=O) groups is 1. The number of hydrogen-bond donors (Lipinski definition) is 2. The van der Waals surface area contributed by atoms with Gasteiger partial charge in [-0.1, -0.05) is 6.07 Å². The molecule has 1 amide bonds. The van der Waals surface area contributed by atoms with E-state index in [0.717, 1.165) is 22.6 Å². The number of alkyl carbamates (subject to hydrolysis) is 1. The number of nitrogens with zero attached hydrogens (tertiary/aromatic N) is 3. The van der Waals surface area contributed by atoms with Crippen LogP contribution in [0.1, 0.15) is 32.0 Å². The van der Waals surface area contributed by atoms with Crippen molar-refractivity contribution in [1.29, 1.82) is 0 Å². The fourth-order valence-electron chi connectivity index (χ4n) is 3.53. The molecule has 3 aromatic heterocycles. The molecule has 0 aliphatic heterocycles. The van der Waals surface area contributed by atoms with Crippen molar-refractivity contribution in [1.82, 2.24) is 20.3 Å². The van der Waals surface area contributed by atoms with Crippen molar-refractivity contribution in [2.24, 2.45) is 0 Å². The number of aromatic nitrogens is 3. The molecule has 0 saturated carbocycles. The lowest BCUT2D eigenvalue weighted by Crippen LogP contribution is -2.34. The van der Waals surface area contributed by atoms with Crippen LogP contribution >= 0.6 is 0 Å². The molecule has 0 saturated heterocycles. The second-order valence-electron chi connectivity index (χ2n) is 9.86. The lowest BCUT2D eigenvalue weighted by Gasteiger charge is -2.19. The van der Waals surface area contributed by atoms with Gasteiger partial charge in [0.2, 0.25) is 0 Å². The third-order valence-corrected chi connectivity index (χ3v) is 5.46. The number of nitrogens with one attached hydrogen (secondary N) is 2. The number of anilines is 2. The molecule has 9 heteroatoms. The van der Waals surface area contributed by atoms with E-state index in [-0.39, 0.29) is 0 Å². The minimum Gasteiger partial charge on any atom is -0.492 e. The first-order valence-corrected chi connectivity index (χ1v) is 12.7. The fourth-order valence-corrected chi connectivity index (χ4v) is 3.53. The molecule has 1 aromatic carbocycles. The topological polar surface area (TPSA) is 107 Å². The van der Waals surface area contributed by atoms with E-state index in [4.69, 9.17) is 19.2 Å². The molecule has 0 aliphatic rings. The van der Waals surface area contributed by atoms with Crippen LogP contribution in [0.3, 0.4) is 0 Å². The van der Waals surface area contributed by atoms with Gasteiger partial charge < -0.3 is 24.8 Å². The molecule has 0 fully saturated rings. The monoisotopic (exact) mass is 527 g/mol. The van der Waals surface area contributed by atoms with E-state index in [2.05, 4.69) is 20.6 Å². The average Bonchev–Trinajstić information content (AvgIpc) is 2.89. The van der Waals surface area contributed by atoms with Gasteiger partial charge in [-0.25, -0.2) is 14.8 Å². The first-order valence-electron chi connectivity index (χ1n) is 12.7. The largest absolute Gasteiger partial charge is 0.492 e. The van der Waals surface area contributed by atoms with Gasteiger partial charge in [-0.2, -0.15) is 0 Å². The van der Waals surface area contributed by atoms with Crippen LogP contribution in [0.5, 0.6) is 17.2 Å². The summed E-state index contributed by atoms with van der Waals surface area (Å²) in [6, 6.07) is 18.8. The number of pyridine rings is 3. The second-order valence-corrected chi connectivity index (χ2v) is 9.86. The molecule has 0 spiro atoms. The Bertz CT molecular complexity index is 1400. The van der Waals surface area contributed by atoms with Gasteiger partial charge in [-0.3, -0.25) is 4.98 Å². The van der Waals surface area contributed by atoms with Gasteiger partial charge in [-0.15, -0.1) is 0 Å². The van der Waals surface area contributed by atoms with Crippen molar-refractivity contribution in [3.63, 3.8) is 0 Å². The van der Waals surface area contributed by atoms with E-state index < -0.39 is 11.7 Å². The summed E-state index contributed by atoms with van der Waals surface area (Å²) in [4.78, 5) is 25.3. The Labute approximate surface area is 228 Å². The number of rotatable bonds is 9. The van der Waals surface area contributed by atoms with Gasteiger partial charge in [0.1, 0.15) is 35.2 Å². The van der Waals surface area contributed by atoms with Crippen molar-refractivity contribution in [3.8, 4) is 28.6 Å². The third kappa shape index (κ3) is 8.16. The molecule has 0 bridgehead atoms. The molecular weight excluding hydrogens is 494 g/mol. The molecule has 0 unspecified atom stereocenters. The highest BCUT2D eigenvalue weighted by Gasteiger charge is 2.16. The lowest BCUT2D eigenvalue weighted by molar-refractivity contribution is 0.0520. The summed E-state index contributed by atoms with van der Waals surface area (Å²) >= 11 is 0. The van der Waals surface area contributed by atoms with Crippen LogP contribution in [-0.4, -0.2) is 39.8 Å². The van der Waals surface area contributed by atoms with E-state index in [1.165, 1.54) is 0 Å². The highest BCUT2D eigenvalue weighted by molar-refractivity contribution is 5.67. The van der Waals surface area contributed by atoms with Gasteiger partial charge >= 0.3 is 6.09 Å². The van der Waals surface area contributed by atoms with Crippen LogP contribution in [0.4, 0.5) is 16.3 Å². The van der Waals surface area contributed by atoms with Gasteiger partial charge in [0.15, 0.2) is 5.75 Å². The predicted octanol–water partition coefficient (Wildman–Crippen LogP) is 6.59. The minimum atomic E-state index is -0.534. The number of aryl methyl sites for hydroxylation is 2. The summed E-state index contributed by atoms with van der Waals surface area (Å²) in [7, 11) is 0. The Hall–Kier alpha value is -4.66. The molecule has 3 heterocycles. The summed E-state index contributed by atoms with van der Waals surface area (Å²) in [5.41, 5.74) is 3.67. The second kappa shape index (κ2) is 12.3. The zero-order chi connectivity index (χ0) is 27.8. The van der Waals surface area contributed by atoms with Gasteiger partial charge in [0.05, 0.1) is 12.2 Å². The number of ether oxygens (including phenoxy) is 3. The van der Waals surface area contributed by atoms with Gasteiger partial charge in [0, 0.05) is 29.8 Å². The van der Waals surface area contributed by atoms with Crippen molar-refractivity contribution >= 4 is 17.6 Å². The smallest absolute Gasteiger partial charge is 0.407 e. The zero-order valence-electron chi connectivity index (χ0n) is 22.8. The van der Waals surface area contributed by atoms with Gasteiger partial charge in [-0.05, 0) is 88.7 Å². The predicted molar refractivity (Wildman–Crippen MR) is 151 cm³/mol. The summed E-state index contributed by atoms with van der Waals surface area (Å²) < 4.78 is 17.2. The van der Waals surface area contributed by atoms with Crippen LogP contribution < -0.4 is 20.1 Å². The van der Waals surface area contributed by atoms with E-state index in [1.807, 2.05) is 89.2 Å². The molecule has 2 N–H and O–H groups in total. The molecule has 39 heavy (non-hydrogen) atoms. The highest BCUT2D eigenvalue weighted by Crippen LogP contribution is 2.33. The van der Waals surface area contributed by atoms with Gasteiger partial charge in [0.25, 0.3) is 0 Å². The van der Waals surface area contributed by atoms with Crippen molar-refractivity contribution < 1.29 is 19.0 Å². The molecule has 9 nitrogen and oxygen atoms in total. The number of hydrogen-bond acceptors (Lipinski definition) is 8. The molecule has 0 atom stereocenters. The quantitative estimate of drug-likeness (QED) is 0.235. The van der Waals surface area contributed by atoms with Crippen molar-refractivity contribution in [2.75, 3.05) is 18.5 Å². The summed E-state index contributed by atoms with van der Waals surface area (Å²) in [6.45, 7) is 10.1. The van der Waals surface area contributed by atoms with Crippen LogP contribution in [0.15, 0.2) is 73.1 Å². The standard InChI is InChI=1S/C30H33N5O4/c1-20-18-26(28(34-21(20)2)25-8-6-7-14-31-25)38-24-13-15-32-27(19-24)35-22-9-11-23(12-10-22)37-17-16-33-29(36)39-30(3,4)5/h6-15,18-19H,16-17H2,1-5H3,(H,32,35)(H,33,36).